The third-order valence-corrected chi connectivity index (χ3v) is 7.60. The molecular weight excluding hydrogens is 339 g/mol. The molecule has 0 bridgehead atoms. The van der Waals surface area contributed by atoms with Gasteiger partial charge in [-0.1, -0.05) is 58.7 Å². The number of aryl methyl sites for hydroxylation is 4. The van der Waals surface area contributed by atoms with Crippen LogP contribution in [-0.2, 0) is 4.57 Å². The topological polar surface area (TPSA) is 34.1 Å². The summed E-state index contributed by atoms with van der Waals surface area (Å²) in [5.74, 6) is 0. The fourth-order valence-corrected chi connectivity index (χ4v) is 6.75. The summed E-state index contributed by atoms with van der Waals surface area (Å²) < 4.78 is 14.6. The Morgan fingerprint density at radius 2 is 1.12 bits per heavy atom. The number of aldehydes is 1. The Kier molecular flexibility index (Phi) is 4.98. The fourth-order valence-electron chi connectivity index (χ4n) is 3.57. The molecule has 3 aromatic carbocycles. The average Bonchev–Trinajstić information content (AvgIpc) is 2.59. The zero-order valence-electron chi connectivity index (χ0n) is 15.6. The van der Waals surface area contributed by atoms with E-state index in [2.05, 4.69) is 12.1 Å². The van der Waals surface area contributed by atoms with Crippen molar-refractivity contribution in [2.24, 2.45) is 0 Å². The standard InChI is InChI=1S/C23H23O2P/c1-16-9-17(2)12-21(11-16)26(25,22-13-18(3)10-19(4)14-22)23-8-6-5-7-20(23)15-24/h5-15H,1-4H3. The molecule has 0 aliphatic rings. The summed E-state index contributed by atoms with van der Waals surface area (Å²) >= 11 is 0. The fraction of sp³-hybridized carbons (Fsp3) is 0.174. The van der Waals surface area contributed by atoms with Crippen LogP contribution in [0.2, 0.25) is 0 Å². The highest BCUT2D eigenvalue weighted by atomic mass is 31.2. The summed E-state index contributed by atoms with van der Waals surface area (Å²) in [5, 5.41) is 2.15. The summed E-state index contributed by atoms with van der Waals surface area (Å²) in [6.07, 6.45) is 0.799. The lowest BCUT2D eigenvalue weighted by atomic mass is 10.2. The summed E-state index contributed by atoms with van der Waals surface area (Å²) in [5.41, 5.74) is 4.73. The maximum absolute atomic E-state index is 14.6. The zero-order chi connectivity index (χ0) is 18.9. The predicted molar refractivity (Wildman–Crippen MR) is 110 cm³/mol. The number of hydrogen-bond donors (Lipinski definition) is 0. The molecule has 0 N–H and O–H groups in total. The summed E-state index contributed by atoms with van der Waals surface area (Å²) in [7, 11) is -3.17. The molecule has 132 valence electrons. The van der Waals surface area contributed by atoms with Crippen LogP contribution >= 0.6 is 7.14 Å². The van der Waals surface area contributed by atoms with Crippen LogP contribution in [0, 0.1) is 27.7 Å². The van der Waals surface area contributed by atoms with Crippen molar-refractivity contribution < 1.29 is 9.36 Å². The minimum Gasteiger partial charge on any atom is -0.309 e. The molecule has 26 heavy (non-hydrogen) atoms. The molecule has 0 saturated heterocycles. The summed E-state index contributed by atoms with van der Waals surface area (Å²) in [4.78, 5) is 11.7. The smallest absolute Gasteiger partial charge is 0.171 e. The van der Waals surface area contributed by atoms with Crippen molar-refractivity contribution >= 4 is 29.3 Å². The van der Waals surface area contributed by atoms with Gasteiger partial charge in [0, 0.05) is 21.5 Å². The first kappa shape index (κ1) is 18.4. The molecule has 3 heteroatoms. The second-order valence-corrected chi connectivity index (χ2v) is 9.71. The van der Waals surface area contributed by atoms with Crippen LogP contribution in [0.25, 0.3) is 0 Å². The Morgan fingerprint density at radius 3 is 1.54 bits per heavy atom. The van der Waals surface area contributed by atoms with E-state index in [1.165, 1.54) is 0 Å². The highest BCUT2D eigenvalue weighted by Crippen LogP contribution is 2.44. The number of benzene rings is 3. The minimum absolute atomic E-state index is 0.481. The van der Waals surface area contributed by atoms with Gasteiger partial charge in [-0.3, -0.25) is 4.79 Å². The van der Waals surface area contributed by atoms with E-state index in [0.717, 1.165) is 39.1 Å². The van der Waals surface area contributed by atoms with Crippen LogP contribution in [0.1, 0.15) is 32.6 Å². The molecule has 0 unspecified atom stereocenters. The van der Waals surface area contributed by atoms with E-state index in [1.807, 2.05) is 64.1 Å². The lowest BCUT2D eigenvalue weighted by Crippen LogP contribution is -2.28. The molecule has 0 atom stereocenters. The molecule has 0 radical (unpaired) electrons. The Hall–Kier alpha value is -2.44. The van der Waals surface area contributed by atoms with Crippen molar-refractivity contribution in [3.05, 3.63) is 88.5 Å². The monoisotopic (exact) mass is 362 g/mol. The van der Waals surface area contributed by atoms with Crippen molar-refractivity contribution in [3.8, 4) is 0 Å². The van der Waals surface area contributed by atoms with Crippen LogP contribution in [0.4, 0.5) is 0 Å². The van der Waals surface area contributed by atoms with Crippen LogP contribution in [0.5, 0.6) is 0 Å². The molecule has 0 heterocycles. The molecule has 0 spiro atoms. The minimum atomic E-state index is -3.17. The summed E-state index contributed by atoms with van der Waals surface area (Å²) in [6, 6.07) is 19.3. The van der Waals surface area contributed by atoms with Gasteiger partial charge in [-0.2, -0.15) is 0 Å². The molecule has 0 fully saturated rings. The molecule has 0 aliphatic carbocycles. The maximum atomic E-state index is 14.6. The first-order valence-electron chi connectivity index (χ1n) is 8.67. The highest BCUT2D eigenvalue weighted by Gasteiger charge is 2.32. The van der Waals surface area contributed by atoms with Crippen LogP contribution in [0.3, 0.4) is 0 Å². The first-order valence-corrected chi connectivity index (χ1v) is 10.4. The van der Waals surface area contributed by atoms with Gasteiger partial charge in [0.25, 0.3) is 0 Å². The Bertz CT molecular complexity index is 938. The van der Waals surface area contributed by atoms with Crippen LogP contribution in [0.15, 0.2) is 60.7 Å². The molecule has 0 amide bonds. The number of hydrogen-bond acceptors (Lipinski definition) is 2. The van der Waals surface area contributed by atoms with Crippen LogP contribution < -0.4 is 15.9 Å². The molecular formula is C23H23O2P. The molecule has 3 aromatic rings. The van der Waals surface area contributed by atoms with Gasteiger partial charge in [-0.15, -0.1) is 0 Å². The zero-order valence-corrected chi connectivity index (χ0v) is 16.5. The maximum Gasteiger partial charge on any atom is 0.171 e. The van der Waals surface area contributed by atoms with E-state index in [0.29, 0.717) is 10.9 Å². The van der Waals surface area contributed by atoms with Crippen molar-refractivity contribution in [2.45, 2.75) is 27.7 Å². The van der Waals surface area contributed by atoms with Gasteiger partial charge in [-0.25, -0.2) is 0 Å². The Balaban J connectivity index is 2.43. The number of carbonyl (C=O) groups excluding carboxylic acids is 1. The first-order chi connectivity index (χ1) is 12.3. The molecule has 2 nitrogen and oxygen atoms in total. The Morgan fingerprint density at radius 1 is 0.692 bits per heavy atom. The van der Waals surface area contributed by atoms with E-state index in [4.69, 9.17) is 0 Å². The highest BCUT2D eigenvalue weighted by molar-refractivity contribution is 7.85. The van der Waals surface area contributed by atoms with Crippen molar-refractivity contribution in [3.63, 3.8) is 0 Å². The summed E-state index contributed by atoms with van der Waals surface area (Å²) in [6.45, 7) is 8.03. The van der Waals surface area contributed by atoms with Gasteiger partial charge in [0.15, 0.2) is 13.4 Å². The molecule has 0 saturated carbocycles. The number of rotatable bonds is 4. The van der Waals surface area contributed by atoms with Crippen molar-refractivity contribution in [1.29, 1.82) is 0 Å². The molecule has 0 aromatic heterocycles. The van der Waals surface area contributed by atoms with E-state index in [9.17, 15) is 9.36 Å². The third-order valence-electron chi connectivity index (χ3n) is 4.54. The van der Waals surface area contributed by atoms with Crippen molar-refractivity contribution in [1.82, 2.24) is 0 Å². The average molecular weight is 362 g/mol. The van der Waals surface area contributed by atoms with Gasteiger partial charge >= 0.3 is 0 Å². The largest absolute Gasteiger partial charge is 0.309 e. The van der Waals surface area contributed by atoms with Gasteiger partial charge in [0.05, 0.1) is 0 Å². The van der Waals surface area contributed by atoms with Gasteiger partial charge < -0.3 is 4.57 Å². The van der Waals surface area contributed by atoms with Gasteiger partial charge in [0.2, 0.25) is 0 Å². The lowest BCUT2D eigenvalue weighted by molar-refractivity contribution is 0.112. The van der Waals surface area contributed by atoms with Crippen LogP contribution in [-0.4, -0.2) is 6.29 Å². The quantitative estimate of drug-likeness (QED) is 0.510. The number of carbonyl (C=O) groups is 1. The van der Waals surface area contributed by atoms with E-state index in [-0.39, 0.29) is 0 Å². The molecule has 3 rings (SSSR count). The normalized spacial score (nSPS) is 11.4. The SMILES string of the molecule is Cc1cc(C)cc(P(=O)(c2cc(C)cc(C)c2)c2ccccc2C=O)c1. The lowest BCUT2D eigenvalue weighted by Gasteiger charge is -2.23. The Labute approximate surface area is 155 Å². The van der Waals surface area contributed by atoms with E-state index >= 15 is 0 Å². The van der Waals surface area contributed by atoms with Gasteiger partial charge in [-0.05, 0) is 52.0 Å². The predicted octanol–water partition coefficient (Wildman–Crippen LogP) is 4.37. The van der Waals surface area contributed by atoms with Crippen molar-refractivity contribution in [2.75, 3.05) is 0 Å². The second-order valence-electron chi connectivity index (χ2n) is 6.98. The molecule has 0 aliphatic heterocycles. The van der Waals surface area contributed by atoms with E-state index in [1.54, 1.807) is 12.1 Å². The van der Waals surface area contributed by atoms with E-state index < -0.39 is 7.14 Å². The third kappa shape index (κ3) is 3.30. The van der Waals surface area contributed by atoms with Gasteiger partial charge in [0.1, 0.15) is 0 Å². The second kappa shape index (κ2) is 7.05.